The Balaban J connectivity index is 1.82. The Labute approximate surface area is 117 Å². The highest BCUT2D eigenvalue weighted by atomic mass is 32.2. The van der Waals surface area contributed by atoms with E-state index in [2.05, 4.69) is 6.07 Å². The molecule has 1 aliphatic heterocycles. The molecule has 2 nitrogen and oxygen atoms in total. The fourth-order valence-electron chi connectivity index (χ4n) is 2.29. The predicted molar refractivity (Wildman–Crippen MR) is 79.7 cm³/mol. The van der Waals surface area contributed by atoms with E-state index in [0.29, 0.717) is 6.42 Å². The van der Waals surface area contributed by atoms with Crippen LogP contribution in [0.1, 0.15) is 5.56 Å². The lowest BCUT2D eigenvalue weighted by Gasteiger charge is -2.29. The highest BCUT2D eigenvalue weighted by molar-refractivity contribution is 7.99. The molecule has 1 heterocycles. The summed E-state index contributed by atoms with van der Waals surface area (Å²) in [6.45, 7) is 0.799. The molecule has 3 rings (SSSR count). The number of hydrogen-bond acceptors (Lipinski definition) is 2. The van der Waals surface area contributed by atoms with Crippen LogP contribution in [0.15, 0.2) is 59.5 Å². The van der Waals surface area contributed by atoms with Crippen molar-refractivity contribution < 1.29 is 4.79 Å². The molecule has 0 unspecified atom stereocenters. The highest BCUT2D eigenvalue weighted by Gasteiger charge is 2.22. The summed E-state index contributed by atoms with van der Waals surface area (Å²) in [5.41, 5.74) is 2.13. The first kappa shape index (κ1) is 12.3. The summed E-state index contributed by atoms with van der Waals surface area (Å²) >= 11 is 1.82. The third-order valence-electron chi connectivity index (χ3n) is 3.23. The van der Waals surface area contributed by atoms with Crippen molar-refractivity contribution in [3.05, 3.63) is 60.2 Å². The van der Waals surface area contributed by atoms with E-state index in [-0.39, 0.29) is 5.91 Å². The van der Waals surface area contributed by atoms with E-state index in [1.807, 2.05) is 65.2 Å². The van der Waals surface area contributed by atoms with Gasteiger partial charge in [0.25, 0.3) is 0 Å². The van der Waals surface area contributed by atoms with Crippen LogP contribution in [0.5, 0.6) is 0 Å². The van der Waals surface area contributed by atoms with Gasteiger partial charge in [0.1, 0.15) is 0 Å². The van der Waals surface area contributed by atoms with Gasteiger partial charge in [0, 0.05) is 17.2 Å². The molecule has 2 aromatic carbocycles. The van der Waals surface area contributed by atoms with E-state index >= 15 is 0 Å². The van der Waals surface area contributed by atoms with Crippen molar-refractivity contribution in [1.82, 2.24) is 0 Å². The highest BCUT2D eigenvalue weighted by Crippen LogP contribution is 2.34. The maximum Gasteiger partial charge on any atom is 0.231 e. The number of nitrogens with zero attached hydrogens (tertiary/aromatic N) is 1. The van der Waals surface area contributed by atoms with Gasteiger partial charge in [-0.05, 0) is 17.7 Å². The fraction of sp³-hybridized carbons (Fsp3) is 0.188. The van der Waals surface area contributed by atoms with Gasteiger partial charge in [-0.25, -0.2) is 0 Å². The Hall–Kier alpha value is -1.74. The average Bonchev–Trinajstić information content (AvgIpc) is 2.47. The Morgan fingerprint density at radius 2 is 1.79 bits per heavy atom. The molecule has 0 aromatic heterocycles. The molecule has 0 fully saturated rings. The lowest BCUT2D eigenvalue weighted by molar-refractivity contribution is -0.118. The van der Waals surface area contributed by atoms with Gasteiger partial charge in [0.05, 0.1) is 12.1 Å². The second-order valence-electron chi connectivity index (χ2n) is 4.52. The van der Waals surface area contributed by atoms with Gasteiger partial charge >= 0.3 is 0 Å². The predicted octanol–water partition coefficient (Wildman–Crippen LogP) is 3.37. The molecule has 0 saturated heterocycles. The molecule has 0 aliphatic carbocycles. The van der Waals surface area contributed by atoms with E-state index in [9.17, 15) is 4.79 Å². The number of thioether (sulfide) groups is 1. The van der Waals surface area contributed by atoms with Crippen LogP contribution in [0.4, 0.5) is 5.69 Å². The van der Waals surface area contributed by atoms with Crippen LogP contribution in [-0.2, 0) is 11.2 Å². The van der Waals surface area contributed by atoms with Crippen LogP contribution in [0.2, 0.25) is 0 Å². The fourth-order valence-corrected chi connectivity index (χ4v) is 3.29. The molecule has 0 spiro atoms. The van der Waals surface area contributed by atoms with E-state index in [4.69, 9.17) is 0 Å². The molecule has 1 aliphatic rings. The van der Waals surface area contributed by atoms with Crippen molar-refractivity contribution >= 4 is 23.4 Å². The largest absolute Gasteiger partial charge is 0.310 e. The summed E-state index contributed by atoms with van der Waals surface area (Å²) in [6, 6.07) is 18.1. The Kier molecular flexibility index (Phi) is 3.56. The first-order chi connectivity index (χ1) is 9.34. The molecule has 0 saturated carbocycles. The van der Waals surface area contributed by atoms with Gasteiger partial charge in [-0.2, -0.15) is 0 Å². The molecular weight excluding hydrogens is 254 g/mol. The molecule has 1 amide bonds. The van der Waals surface area contributed by atoms with E-state index in [1.165, 1.54) is 4.90 Å². The summed E-state index contributed by atoms with van der Waals surface area (Å²) in [7, 11) is 0. The molecule has 0 atom stereocenters. The van der Waals surface area contributed by atoms with Crippen LogP contribution in [0.25, 0.3) is 0 Å². The number of carbonyl (C=O) groups excluding carboxylic acids is 1. The Morgan fingerprint density at radius 3 is 2.63 bits per heavy atom. The van der Waals surface area contributed by atoms with Crippen LogP contribution in [0, 0.1) is 0 Å². The minimum absolute atomic E-state index is 0.180. The zero-order valence-corrected chi connectivity index (χ0v) is 11.4. The number of hydrogen-bond donors (Lipinski definition) is 0. The number of fused-ring (bicyclic) bond motifs is 1. The van der Waals surface area contributed by atoms with Crippen molar-refractivity contribution in [3.63, 3.8) is 0 Å². The maximum absolute atomic E-state index is 12.4. The summed E-state index contributed by atoms with van der Waals surface area (Å²) < 4.78 is 0. The second kappa shape index (κ2) is 5.49. The monoisotopic (exact) mass is 269 g/mol. The number of carbonyl (C=O) groups is 1. The summed E-state index contributed by atoms with van der Waals surface area (Å²) in [6.07, 6.45) is 0.472. The van der Waals surface area contributed by atoms with Crippen molar-refractivity contribution in [2.24, 2.45) is 0 Å². The maximum atomic E-state index is 12.4. The van der Waals surface area contributed by atoms with Crippen molar-refractivity contribution in [2.45, 2.75) is 11.3 Å². The minimum Gasteiger partial charge on any atom is -0.310 e. The average molecular weight is 269 g/mol. The SMILES string of the molecule is O=C(Cc1ccccc1)N1CCSc2ccccc21. The van der Waals surface area contributed by atoms with Crippen molar-refractivity contribution in [3.8, 4) is 0 Å². The quantitative estimate of drug-likeness (QED) is 0.833. The second-order valence-corrected chi connectivity index (χ2v) is 5.66. The molecule has 0 N–H and O–H groups in total. The number of rotatable bonds is 2. The summed E-state index contributed by atoms with van der Waals surface area (Å²) in [5, 5.41) is 0. The first-order valence-electron chi connectivity index (χ1n) is 6.41. The molecule has 0 radical (unpaired) electrons. The van der Waals surface area contributed by atoms with E-state index in [0.717, 1.165) is 23.5 Å². The topological polar surface area (TPSA) is 20.3 Å². The minimum atomic E-state index is 0.180. The molecular formula is C16H15NOS. The van der Waals surface area contributed by atoms with E-state index in [1.54, 1.807) is 0 Å². The summed E-state index contributed by atoms with van der Waals surface area (Å²) in [4.78, 5) is 15.6. The van der Waals surface area contributed by atoms with Gasteiger partial charge in [-0.1, -0.05) is 42.5 Å². The lowest BCUT2D eigenvalue weighted by atomic mass is 10.1. The molecule has 19 heavy (non-hydrogen) atoms. The van der Waals surface area contributed by atoms with Crippen LogP contribution < -0.4 is 4.90 Å². The van der Waals surface area contributed by atoms with Gasteiger partial charge < -0.3 is 4.90 Å². The van der Waals surface area contributed by atoms with Crippen LogP contribution in [0.3, 0.4) is 0 Å². The normalized spacial score (nSPS) is 14.0. The van der Waals surface area contributed by atoms with Gasteiger partial charge in [-0.3, -0.25) is 4.79 Å². The van der Waals surface area contributed by atoms with Crippen molar-refractivity contribution in [2.75, 3.05) is 17.2 Å². The number of amides is 1. The van der Waals surface area contributed by atoms with Crippen LogP contribution >= 0.6 is 11.8 Å². The Bertz CT molecular complexity index is 582. The lowest BCUT2D eigenvalue weighted by Crippen LogP contribution is -2.36. The number of benzene rings is 2. The zero-order valence-electron chi connectivity index (χ0n) is 10.6. The first-order valence-corrected chi connectivity index (χ1v) is 7.39. The molecule has 96 valence electrons. The van der Waals surface area contributed by atoms with Gasteiger partial charge in [-0.15, -0.1) is 11.8 Å². The smallest absolute Gasteiger partial charge is 0.231 e. The van der Waals surface area contributed by atoms with Gasteiger partial charge in [0.2, 0.25) is 5.91 Å². The van der Waals surface area contributed by atoms with E-state index < -0.39 is 0 Å². The molecule has 2 aromatic rings. The van der Waals surface area contributed by atoms with Gasteiger partial charge in [0.15, 0.2) is 0 Å². The number of para-hydroxylation sites is 1. The summed E-state index contributed by atoms with van der Waals surface area (Å²) in [5.74, 6) is 1.15. The third-order valence-corrected chi connectivity index (χ3v) is 4.27. The Morgan fingerprint density at radius 1 is 1.05 bits per heavy atom. The number of anilines is 1. The molecule has 0 bridgehead atoms. The third kappa shape index (κ3) is 2.66. The standard InChI is InChI=1S/C16H15NOS/c18-16(12-13-6-2-1-3-7-13)17-10-11-19-15-9-5-4-8-14(15)17/h1-9H,10-12H2. The van der Waals surface area contributed by atoms with Crippen molar-refractivity contribution in [1.29, 1.82) is 0 Å². The molecule has 3 heteroatoms. The van der Waals surface area contributed by atoms with Crippen LogP contribution in [-0.4, -0.2) is 18.2 Å². The zero-order chi connectivity index (χ0) is 13.1.